The number of amides is 1. The van der Waals surface area contributed by atoms with Crippen LogP contribution in [-0.4, -0.2) is 30.1 Å². The van der Waals surface area contributed by atoms with Crippen LogP contribution in [0.3, 0.4) is 0 Å². The molecule has 2 N–H and O–H groups in total. The van der Waals surface area contributed by atoms with Crippen LogP contribution in [0.25, 0.3) is 0 Å². The monoisotopic (exact) mass is 287 g/mol. The largest absolute Gasteiger partial charge is 0.481 e. The van der Waals surface area contributed by atoms with E-state index in [-0.39, 0.29) is 18.2 Å². The summed E-state index contributed by atoms with van der Waals surface area (Å²) in [5, 5.41) is 20.2. The summed E-state index contributed by atoms with van der Waals surface area (Å²) in [7, 11) is 0. The number of benzene rings is 1. The van der Waals surface area contributed by atoms with Crippen LogP contribution < -0.4 is 10.2 Å². The lowest BCUT2D eigenvalue weighted by Gasteiger charge is -2.32. The molecule has 0 spiro atoms. The molecule has 110 valence electrons. The molecule has 1 fully saturated rings. The number of carboxylic acid groups (broad SMARTS) is 1. The lowest BCUT2D eigenvalue weighted by atomic mass is 9.98. The fourth-order valence-corrected chi connectivity index (χ4v) is 2.45. The number of nitriles is 1. The van der Waals surface area contributed by atoms with Gasteiger partial charge in [-0.3, -0.25) is 9.59 Å². The average Bonchev–Trinajstić information content (AvgIpc) is 2.48. The van der Waals surface area contributed by atoms with Crippen molar-refractivity contribution >= 4 is 23.3 Å². The summed E-state index contributed by atoms with van der Waals surface area (Å²) in [6.07, 6.45) is 1.40. The lowest BCUT2D eigenvalue weighted by Crippen LogP contribution is -2.38. The van der Waals surface area contributed by atoms with Crippen LogP contribution in [0.2, 0.25) is 0 Å². The molecule has 1 atom stereocenters. The number of carboxylic acids is 1. The minimum atomic E-state index is -0.750. The number of hydrogen-bond donors (Lipinski definition) is 2. The number of piperidine rings is 1. The first kappa shape index (κ1) is 14.9. The molecule has 6 nitrogen and oxygen atoms in total. The molecule has 1 heterocycles. The second kappa shape index (κ2) is 6.75. The summed E-state index contributed by atoms with van der Waals surface area (Å²) >= 11 is 0. The van der Waals surface area contributed by atoms with Crippen LogP contribution in [0.1, 0.15) is 19.3 Å². The molecule has 1 unspecified atom stereocenters. The van der Waals surface area contributed by atoms with E-state index in [0.29, 0.717) is 18.7 Å². The predicted molar refractivity (Wildman–Crippen MR) is 77.9 cm³/mol. The van der Waals surface area contributed by atoms with Crippen molar-refractivity contribution in [1.82, 2.24) is 0 Å². The maximum absolute atomic E-state index is 11.3. The predicted octanol–water partition coefficient (Wildman–Crippen LogP) is 1.84. The van der Waals surface area contributed by atoms with Crippen molar-refractivity contribution in [2.45, 2.75) is 19.3 Å². The number of aliphatic carboxylic acids is 1. The number of carbonyl (C=O) groups is 2. The second-order valence-electron chi connectivity index (χ2n) is 5.05. The van der Waals surface area contributed by atoms with Gasteiger partial charge in [0, 0.05) is 24.5 Å². The first-order valence-electron chi connectivity index (χ1n) is 6.85. The number of hydrogen-bond acceptors (Lipinski definition) is 4. The van der Waals surface area contributed by atoms with Gasteiger partial charge in [0.25, 0.3) is 0 Å². The first-order valence-corrected chi connectivity index (χ1v) is 6.85. The Bertz CT molecular complexity index is 563. The molecular weight excluding hydrogens is 270 g/mol. The van der Waals surface area contributed by atoms with Crippen LogP contribution in [0.15, 0.2) is 24.3 Å². The van der Waals surface area contributed by atoms with Crippen LogP contribution in [0.4, 0.5) is 11.4 Å². The topological polar surface area (TPSA) is 93.4 Å². The smallest absolute Gasteiger partial charge is 0.308 e. The van der Waals surface area contributed by atoms with E-state index in [9.17, 15) is 9.59 Å². The molecule has 0 radical (unpaired) electrons. The van der Waals surface area contributed by atoms with E-state index < -0.39 is 5.97 Å². The summed E-state index contributed by atoms with van der Waals surface area (Å²) in [6, 6.07) is 9.01. The highest BCUT2D eigenvalue weighted by atomic mass is 16.4. The molecule has 1 aromatic carbocycles. The van der Waals surface area contributed by atoms with E-state index in [1.54, 1.807) is 18.2 Å². The van der Waals surface area contributed by atoms with E-state index in [0.717, 1.165) is 18.7 Å². The third kappa shape index (κ3) is 3.96. The highest BCUT2D eigenvalue weighted by molar-refractivity contribution is 5.92. The number of nitrogens with one attached hydrogen (secondary N) is 1. The Hall–Kier alpha value is -2.55. The zero-order chi connectivity index (χ0) is 15.2. The van der Waals surface area contributed by atoms with Crippen LogP contribution in [0.5, 0.6) is 0 Å². The van der Waals surface area contributed by atoms with Crippen molar-refractivity contribution in [2.75, 3.05) is 23.3 Å². The van der Waals surface area contributed by atoms with Crippen LogP contribution >= 0.6 is 0 Å². The molecule has 1 aliphatic rings. The minimum absolute atomic E-state index is 0.172. The minimum Gasteiger partial charge on any atom is -0.481 e. The van der Waals surface area contributed by atoms with E-state index in [1.807, 2.05) is 17.0 Å². The molecule has 21 heavy (non-hydrogen) atoms. The quantitative estimate of drug-likeness (QED) is 0.881. The molecule has 0 aliphatic carbocycles. The number of nitrogens with zero attached hydrogens (tertiary/aromatic N) is 2. The SMILES string of the molecule is N#CCC(=O)Nc1ccc(N2CCCC(C(=O)O)C2)cc1. The van der Waals surface area contributed by atoms with Gasteiger partial charge in [0.2, 0.25) is 5.91 Å². The Balaban J connectivity index is 2.00. The van der Waals surface area contributed by atoms with Gasteiger partial charge < -0.3 is 15.3 Å². The van der Waals surface area contributed by atoms with Crippen molar-refractivity contribution in [3.63, 3.8) is 0 Å². The van der Waals surface area contributed by atoms with Gasteiger partial charge in [-0.1, -0.05) is 0 Å². The molecule has 1 aliphatic heterocycles. The second-order valence-corrected chi connectivity index (χ2v) is 5.05. The maximum Gasteiger partial charge on any atom is 0.308 e. The fraction of sp³-hybridized carbons (Fsp3) is 0.400. The molecule has 0 saturated carbocycles. The van der Waals surface area contributed by atoms with Gasteiger partial charge >= 0.3 is 5.97 Å². The molecule has 0 aromatic heterocycles. The van der Waals surface area contributed by atoms with Gasteiger partial charge in [-0.05, 0) is 37.1 Å². The average molecular weight is 287 g/mol. The Morgan fingerprint density at radius 1 is 1.38 bits per heavy atom. The Morgan fingerprint density at radius 3 is 2.71 bits per heavy atom. The van der Waals surface area contributed by atoms with Gasteiger partial charge in [0.1, 0.15) is 6.42 Å². The van der Waals surface area contributed by atoms with Crippen LogP contribution in [0, 0.1) is 17.2 Å². The number of rotatable bonds is 4. The van der Waals surface area contributed by atoms with E-state index in [2.05, 4.69) is 5.32 Å². The maximum atomic E-state index is 11.3. The third-order valence-electron chi connectivity index (χ3n) is 3.53. The van der Waals surface area contributed by atoms with Crippen molar-refractivity contribution in [1.29, 1.82) is 5.26 Å². The zero-order valence-corrected chi connectivity index (χ0v) is 11.6. The highest BCUT2D eigenvalue weighted by Gasteiger charge is 2.25. The lowest BCUT2D eigenvalue weighted by molar-refractivity contribution is -0.142. The standard InChI is InChI=1S/C15H17N3O3/c16-8-7-14(19)17-12-3-5-13(6-4-12)18-9-1-2-11(10-18)15(20)21/h3-6,11H,1-2,7,9-10H2,(H,17,19)(H,20,21). The zero-order valence-electron chi connectivity index (χ0n) is 11.6. The summed E-state index contributed by atoms with van der Waals surface area (Å²) in [5.74, 6) is -1.41. The summed E-state index contributed by atoms with van der Waals surface area (Å²) in [5.41, 5.74) is 1.57. The molecule has 6 heteroatoms. The third-order valence-corrected chi connectivity index (χ3v) is 3.53. The van der Waals surface area contributed by atoms with Gasteiger partial charge in [-0.25, -0.2) is 0 Å². The van der Waals surface area contributed by atoms with Crippen LogP contribution in [-0.2, 0) is 9.59 Å². The Morgan fingerprint density at radius 2 is 2.10 bits per heavy atom. The normalized spacial score (nSPS) is 17.9. The molecule has 2 rings (SSSR count). The van der Waals surface area contributed by atoms with Crippen molar-refractivity contribution < 1.29 is 14.7 Å². The van der Waals surface area contributed by atoms with E-state index >= 15 is 0 Å². The van der Waals surface area contributed by atoms with Gasteiger partial charge in [0.05, 0.1) is 12.0 Å². The fourth-order valence-electron chi connectivity index (χ4n) is 2.45. The summed E-state index contributed by atoms with van der Waals surface area (Å²) in [4.78, 5) is 24.4. The first-order chi connectivity index (χ1) is 10.1. The molecule has 1 amide bonds. The summed E-state index contributed by atoms with van der Waals surface area (Å²) < 4.78 is 0. The van der Waals surface area contributed by atoms with Crippen molar-refractivity contribution in [3.8, 4) is 6.07 Å². The number of anilines is 2. The molecule has 1 aromatic rings. The molecular formula is C15H17N3O3. The summed E-state index contributed by atoms with van der Waals surface area (Å²) in [6.45, 7) is 1.35. The van der Waals surface area contributed by atoms with Gasteiger partial charge in [-0.2, -0.15) is 5.26 Å². The van der Waals surface area contributed by atoms with E-state index in [1.165, 1.54) is 0 Å². The number of carbonyl (C=O) groups excluding carboxylic acids is 1. The highest BCUT2D eigenvalue weighted by Crippen LogP contribution is 2.24. The van der Waals surface area contributed by atoms with Crippen molar-refractivity contribution in [3.05, 3.63) is 24.3 Å². The van der Waals surface area contributed by atoms with Crippen molar-refractivity contribution in [2.24, 2.45) is 5.92 Å². The Labute approximate surface area is 123 Å². The van der Waals surface area contributed by atoms with E-state index in [4.69, 9.17) is 10.4 Å². The molecule has 1 saturated heterocycles. The van der Waals surface area contributed by atoms with Gasteiger partial charge in [-0.15, -0.1) is 0 Å². The Kier molecular flexibility index (Phi) is 4.77. The molecule has 0 bridgehead atoms. The van der Waals surface area contributed by atoms with Gasteiger partial charge in [0.15, 0.2) is 0 Å².